The lowest BCUT2D eigenvalue weighted by Crippen LogP contribution is -2.42. The van der Waals surface area contributed by atoms with E-state index in [9.17, 15) is 18.8 Å². The van der Waals surface area contributed by atoms with E-state index < -0.39 is 23.5 Å². The van der Waals surface area contributed by atoms with E-state index >= 15 is 0 Å². The molecular formula is C25H24FN3O4. The van der Waals surface area contributed by atoms with E-state index in [4.69, 9.17) is 4.74 Å². The topological polar surface area (TPSA) is 87.7 Å². The molecule has 8 heteroatoms. The highest BCUT2D eigenvalue weighted by Gasteiger charge is 2.22. The minimum absolute atomic E-state index is 0.111. The highest BCUT2D eigenvalue weighted by atomic mass is 19.1. The van der Waals surface area contributed by atoms with E-state index in [1.165, 1.54) is 23.1 Å². The quantitative estimate of drug-likeness (QED) is 0.525. The predicted octanol–water partition coefficient (Wildman–Crippen LogP) is 3.23. The molecule has 0 aliphatic rings. The fourth-order valence-corrected chi connectivity index (χ4v) is 3.10. The summed E-state index contributed by atoms with van der Waals surface area (Å²) in [6, 6.07) is 21.4. The largest absolute Gasteiger partial charge is 0.497 e. The number of carbonyl (C=O) groups is 3. The van der Waals surface area contributed by atoms with Crippen molar-refractivity contribution < 1.29 is 23.5 Å². The number of rotatable bonds is 9. The number of nitrogens with zero attached hydrogens (tertiary/aromatic N) is 1. The molecular weight excluding hydrogens is 425 g/mol. The van der Waals surface area contributed by atoms with Gasteiger partial charge in [0.05, 0.1) is 19.2 Å². The van der Waals surface area contributed by atoms with Crippen LogP contribution in [0.2, 0.25) is 0 Å². The zero-order valence-electron chi connectivity index (χ0n) is 18.1. The Bertz CT molecular complexity index is 1100. The van der Waals surface area contributed by atoms with Gasteiger partial charge in [-0.3, -0.25) is 14.4 Å². The monoisotopic (exact) mass is 449 g/mol. The van der Waals surface area contributed by atoms with Gasteiger partial charge in [-0.05, 0) is 42.0 Å². The molecule has 0 aliphatic carbocycles. The van der Waals surface area contributed by atoms with E-state index in [1.807, 2.05) is 30.3 Å². The zero-order valence-corrected chi connectivity index (χ0v) is 18.1. The molecule has 170 valence electrons. The molecule has 0 spiro atoms. The Morgan fingerprint density at radius 2 is 1.55 bits per heavy atom. The molecule has 0 aromatic heterocycles. The van der Waals surface area contributed by atoms with Gasteiger partial charge in [0.25, 0.3) is 5.91 Å². The van der Waals surface area contributed by atoms with E-state index in [0.29, 0.717) is 11.4 Å². The van der Waals surface area contributed by atoms with Gasteiger partial charge in [0.1, 0.15) is 18.1 Å². The van der Waals surface area contributed by atoms with Crippen LogP contribution in [0.5, 0.6) is 5.75 Å². The number of halogens is 1. The number of ether oxygens (including phenoxy) is 1. The fraction of sp³-hybridized carbons (Fsp3) is 0.160. The maximum atomic E-state index is 14.2. The summed E-state index contributed by atoms with van der Waals surface area (Å²) in [5, 5.41) is 5.16. The standard InChI is InChI=1S/C25H24FN3O4/c1-33-20-13-11-19(12-14-20)28-23(30)15-27-24(31)17-29(16-18-7-3-2-4-8-18)25(32)21-9-5-6-10-22(21)26/h2-14H,15-17H2,1H3,(H,27,31)(H,28,30). The minimum Gasteiger partial charge on any atom is -0.497 e. The van der Waals surface area contributed by atoms with Crippen LogP contribution in [0.4, 0.5) is 10.1 Å². The summed E-state index contributed by atoms with van der Waals surface area (Å²) in [4.78, 5) is 38.9. The van der Waals surface area contributed by atoms with E-state index in [-0.39, 0.29) is 25.2 Å². The second kappa shape index (κ2) is 11.4. The first-order chi connectivity index (χ1) is 16.0. The van der Waals surface area contributed by atoms with Crippen molar-refractivity contribution in [2.45, 2.75) is 6.54 Å². The van der Waals surface area contributed by atoms with E-state index in [1.54, 1.807) is 37.4 Å². The van der Waals surface area contributed by atoms with Gasteiger partial charge in [-0.15, -0.1) is 0 Å². The molecule has 0 radical (unpaired) electrons. The van der Waals surface area contributed by atoms with Crippen molar-refractivity contribution in [3.8, 4) is 5.75 Å². The third-order valence-electron chi connectivity index (χ3n) is 4.76. The summed E-state index contributed by atoms with van der Waals surface area (Å²) in [6.45, 7) is -0.505. The average molecular weight is 449 g/mol. The molecule has 33 heavy (non-hydrogen) atoms. The lowest BCUT2D eigenvalue weighted by Gasteiger charge is -2.22. The van der Waals surface area contributed by atoms with Gasteiger partial charge in [-0.1, -0.05) is 42.5 Å². The van der Waals surface area contributed by atoms with Crippen LogP contribution in [-0.4, -0.2) is 42.8 Å². The fourth-order valence-electron chi connectivity index (χ4n) is 3.10. The molecule has 0 heterocycles. The first-order valence-electron chi connectivity index (χ1n) is 10.2. The average Bonchev–Trinajstić information content (AvgIpc) is 2.83. The maximum Gasteiger partial charge on any atom is 0.257 e. The Balaban J connectivity index is 1.62. The van der Waals surface area contributed by atoms with Gasteiger partial charge in [0, 0.05) is 12.2 Å². The molecule has 0 bridgehead atoms. The maximum absolute atomic E-state index is 14.2. The summed E-state index contributed by atoms with van der Waals surface area (Å²) in [6.07, 6.45) is 0. The summed E-state index contributed by atoms with van der Waals surface area (Å²) in [5.41, 5.74) is 1.21. The van der Waals surface area contributed by atoms with Gasteiger partial charge in [-0.2, -0.15) is 0 Å². The van der Waals surface area contributed by atoms with Gasteiger partial charge in [0.2, 0.25) is 11.8 Å². The Labute approximate surface area is 191 Å². The molecule has 3 aromatic carbocycles. The van der Waals surface area contributed by atoms with Crippen LogP contribution in [0.1, 0.15) is 15.9 Å². The number of hydrogen-bond donors (Lipinski definition) is 2. The molecule has 3 aromatic rings. The Morgan fingerprint density at radius 1 is 0.879 bits per heavy atom. The number of amides is 3. The van der Waals surface area contributed by atoms with Crippen molar-refractivity contribution in [2.24, 2.45) is 0 Å². The van der Waals surface area contributed by atoms with Crippen LogP contribution < -0.4 is 15.4 Å². The number of anilines is 1. The summed E-state index contributed by atoms with van der Waals surface area (Å²) >= 11 is 0. The molecule has 3 amide bonds. The van der Waals surface area contributed by atoms with Crippen LogP contribution in [-0.2, 0) is 16.1 Å². The summed E-state index contributed by atoms with van der Waals surface area (Å²) in [5.74, 6) is -1.60. The first-order valence-corrected chi connectivity index (χ1v) is 10.2. The number of methoxy groups -OCH3 is 1. The van der Waals surface area contributed by atoms with Gasteiger partial charge in [-0.25, -0.2) is 4.39 Å². The Kier molecular flexibility index (Phi) is 8.13. The van der Waals surface area contributed by atoms with E-state index in [0.717, 1.165) is 5.56 Å². The van der Waals surface area contributed by atoms with Crippen LogP contribution in [0, 0.1) is 5.82 Å². The third-order valence-corrected chi connectivity index (χ3v) is 4.76. The zero-order chi connectivity index (χ0) is 23.6. The second-order valence-electron chi connectivity index (χ2n) is 7.18. The smallest absolute Gasteiger partial charge is 0.257 e. The van der Waals surface area contributed by atoms with Crippen LogP contribution in [0.25, 0.3) is 0 Å². The van der Waals surface area contributed by atoms with Crippen LogP contribution in [0.3, 0.4) is 0 Å². The predicted molar refractivity (Wildman–Crippen MR) is 122 cm³/mol. The second-order valence-corrected chi connectivity index (χ2v) is 7.18. The number of hydrogen-bond acceptors (Lipinski definition) is 4. The van der Waals surface area contributed by atoms with Crippen molar-refractivity contribution in [3.63, 3.8) is 0 Å². The van der Waals surface area contributed by atoms with Gasteiger partial charge in [0.15, 0.2) is 0 Å². The van der Waals surface area contributed by atoms with E-state index in [2.05, 4.69) is 10.6 Å². The van der Waals surface area contributed by atoms with Crippen molar-refractivity contribution in [2.75, 3.05) is 25.5 Å². The summed E-state index contributed by atoms with van der Waals surface area (Å²) in [7, 11) is 1.54. The third kappa shape index (κ3) is 6.90. The van der Waals surface area contributed by atoms with Gasteiger partial charge < -0.3 is 20.3 Å². The van der Waals surface area contributed by atoms with Gasteiger partial charge >= 0.3 is 0 Å². The van der Waals surface area contributed by atoms with Crippen LogP contribution >= 0.6 is 0 Å². The van der Waals surface area contributed by atoms with Crippen LogP contribution in [0.15, 0.2) is 78.9 Å². The molecule has 0 unspecified atom stereocenters. The minimum atomic E-state index is -0.667. The molecule has 0 saturated carbocycles. The molecule has 0 aliphatic heterocycles. The van der Waals surface area contributed by atoms with Crippen molar-refractivity contribution in [1.82, 2.24) is 10.2 Å². The lowest BCUT2D eigenvalue weighted by atomic mass is 10.1. The molecule has 2 N–H and O–H groups in total. The molecule has 0 fully saturated rings. The molecule has 0 atom stereocenters. The highest BCUT2D eigenvalue weighted by molar-refractivity contribution is 5.98. The van der Waals surface area contributed by atoms with Crippen molar-refractivity contribution >= 4 is 23.4 Å². The Hall–Kier alpha value is -4.20. The molecule has 0 saturated heterocycles. The van der Waals surface area contributed by atoms with Crippen molar-refractivity contribution in [1.29, 1.82) is 0 Å². The molecule has 7 nitrogen and oxygen atoms in total. The number of benzene rings is 3. The summed E-state index contributed by atoms with van der Waals surface area (Å²) < 4.78 is 19.2. The highest BCUT2D eigenvalue weighted by Crippen LogP contribution is 2.15. The SMILES string of the molecule is COc1ccc(NC(=O)CNC(=O)CN(Cc2ccccc2)C(=O)c2ccccc2F)cc1. The number of carbonyl (C=O) groups excluding carboxylic acids is 3. The Morgan fingerprint density at radius 3 is 2.21 bits per heavy atom. The first kappa shape index (κ1) is 23.5. The molecule has 3 rings (SSSR count). The normalized spacial score (nSPS) is 10.2. The lowest BCUT2D eigenvalue weighted by molar-refractivity contribution is -0.124. The van der Waals surface area contributed by atoms with Crippen molar-refractivity contribution in [3.05, 3.63) is 95.8 Å². The number of nitrogens with one attached hydrogen (secondary N) is 2.